The van der Waals surface area contributed by atoms with Crippen molar-refractivity contribution in [3.63, 3.8) is 0 Å². The largest absolute Gasteiger partial charge is 0.372 e. The Hall–Kier alpha value is -1.96. The Morgan fingerprint density at radius 1 is 1.24 bits per heavy atom. The van der Waals surface area contributed by atoms with Crippen molar-refractivity contribution in [3.05, 3.63) is 47.5 Å². The van der Waals surface area contributed by atoms with Gasteiger partial charge >= 0.3 is 0 Å². The SMILES string of the molecule is CCOC1(Cc2ccccc2)COC2(C=C(C#N)C(=O)C(C)(C)C2)C1. The molecule has 1 heterocycles. The van der Waals surface area contributed by atoms with Crippen LogP contribution in [0.1, 0.15) is 39.2 Å². The second-order valence-electron chi connectivity index (χ2n) is 7.87. The van der Waals surface area contributed by atoms with E-state index in [1.165, 1.54) is 5.56 Å². The number of ether oxygens (including phenoxy) is 2. The zero-order chi connectivity index (χ0) is 18.1. The second-order valence-corrected chi connectivity index (χ2v) is 7.87. The molecular formula is C21H25NO3. The Labute approximate surface area is 149 Å². The number of nitrogens with zero attached hydrogens (tertiary/aromatic N) is 1. The first-order chi connectivity index (χ1) is 11.8. The molecule has 2 aliphatic rings. The summed E-state index contributed by atoms with van der Waals surface area (Å²) in [4.78, 5) is 12.4. The Kier molecular flexibility index (Phi) is 4.57. The van der Waals surface area contributed by atoms with Crippen LogP contribution in [-0.2, 0) is 20.7 Å². The second kappa shape index (κ2) is 6.40. The van der Waals surface area contributed by atoms with Crippen LogP contribution in [0.5, 0.6) is 0 Å². The molecule has 0 aromatic heterocycles. The van der Waals surface area contributed by atoms with Crippen molar-refractivity contribution < 1.29 is 14.3 Å². The van der Waals surface area contributed by atoms with Gasteiger partial charge in [-0.2, -0.15) is 5.26 Å². The summed E-state index contributed by atoms with van der Waals surface area (Å²) in [6, 6.07) is 12.3. The van der Waals surface area contributed by atoms with Crippen LogP contribution in [-0.4, -0.2) is 30.2 Å². The molecule has 132 valence electrons. The molecule has 0 amide bonds. The maximum absolute atomic E-state index is 12.4. The molecule has 1 saturated heterocycles. The highest BCUT2D eigenvalue weighted by Gasteiger charge is 2.55. The topological polar surface area (TPSA) is 59.3 Å². The van der Waals surface area contributed by atoms with E-state index >= 15 is 0 Å². The van der Waals surface area contributed by atoms with Crippen molar-refractivity contribution in [3.8, 4) is 6.07 Å². The van der Waals surface area contributed by atoms with Gasteiger partial charge in [-0.25, -0.2) is 0 Å². The highest BCUT2D eigenvalue weighted by Crippen LogP contribution is 2.48. The molecule has 0 N–H and O–H groups in total. The molecule has 0 radical (unpaired) electrons. The molecule has 2 unspecified atom stereocenters. The first kappa shape index (κ1) is 17.8. The lowest BCUT2D eigenvalue weighted by Crippen LogP contribution is -2.44. The van der Waals surface area contributed by atoms with Gasteiger partial charge in [0.15, 0.2) is 5.78 Å². The van der Waals surface area contributed by atoms with Gasteiger partial charge in [-0.15, -0.1) is 0 Å². The fourth-order valence-electron chi connectivity index (χ4n) is 4.32. The summed E-state index contributed by atoms with van der Waals surface area (Å²) in [5.74, 6) is -0.0961. The molecular weight excluding hydrogens is 314 g/mol. The zero-order valence-electron chi connectivity index (χ0n) is 15.2. The number of nitriles is 1. The van der Waals surface area contributed by atoms with E-state index in [1.54, 1.807) is 6.08 Å². The van der Waals surface area contributed by atoms with Gasteiger partial charge in [0.1, 0.15) is 6.07 Å². The lowest BCUT2D eigenvalue weighted by atomic mass is 9.67. The summed E-state index contributed by atoms with van der Waals surface area (Å²) < 4.78 is 12.4. The summed E-state index contributed by atoms with van der Waals surface area (Å²) in [5.41, 5.74) is -0.222. The van der Waals surface area contributed by atoms with E-state index in [9.17, 15) is 10.1 Å². The molecule has 1 fully saturated rings. The number of hydrogen-bond donors (Lipinski definition) is 0. The normalized spacial score (nSPS) is 31.0. The maximum atomic E-state index is 12.4. The summed E-state index contributed by atoms with van der Waals surface area (Å²) in [6.07, 6.45) is 3.73. The number of hydrogen-bond acceptors (Lipinski definition) is 4. The van der Waals surface area contributed by atoms with E-state index < -0.39 is 16.6 Å². The van der Waals surface area contributed by atoms with E-state index in [1.807, 2.05) is 39.0 Å². The number of benzene rings is 1. The number of rotatable bonds is 4. The van der Waals surface area contributed by atoms with E-state index in [4.69, 9.17) is 9.47 Å². The Morgan fingerprint density at radius 2 is 1.96 bits per heavy atom. The van der Waals surface area contributed by atoms with E-state index in [-0.39, 0.29) is 11.4 Å². The minimum atomic E-state index is -0.605. The van der Waals surface area contributed by atoms with Gasteiger partial charge in [-0.1, -0.05) is 44.2 Å². The van der Waals surface area contributed by atoms with Gasteiger partial charge < -0.3 is 9.47 Å². The molecule has 0 saturated carbocycles. The molecule has 1 aromatic carbocycles. The molecule has 1 spiro atoms. The van der Waals surface area contributed by atoms with Crippen LogP contribution in [0.2, 0.25) is 0 Å². The number of Topliss-reactive ketones (excluding diaryl/α,β-unsaturated/α-hetero) is 1. The minimum Gasteiger partial charge on any atom is -0.372 e. The van der Waals surface area contributed by atoms with Crippen LogP contribution in [0, 0.1) is 16.7 Å². The third-order valence-electron chi connectivity index (χ3n) is 5.19. The van der Waals surface area contributed by atoms with Crippen LogP contribution in [0.15, 0.2) is 42.0 Å². The summed E-state index contributed by atoms with van der Waals surface area (Å²) in [7, 11) is 0. The van der Waals surface area contributed by atoms with Gasteiger partial charge in [0, 0.05) is 24.9 Å². The minimum absolute atomic E-state index is 0.0961. The van der Waals surface area contributed by atoms with E-state index in [2.05, 4.69) is 18.2 Å². The molecule has 4 nitrogen and oxygen atoms in total. The smallest absolute Gasteiger partial charge is 0.178 e. The molecule has 1 aromatic rings. The van der Waals surface area contributed by atoms with Crippen molar-refractivity contribution in [1.82, 2.24) is 0 Å². The average Bonchev–Trinajstić information content (AvgIpc) is 2.89. The van der Waals surface area contributed by atoms with Gasteiger partial charge in [-0.3, -0.25) is 4.79 Å². The van der Waals surface area contributed by atoms with E-state index in [0.29, 0.717) is 26.1 Å². The quantitative estimate of drug-likeness (QED) is 0.841. The Bertz CT molecular complexity index is 731. The maximum Gasteiger partial charge on any atom is 0.178 e. The summed E-state index contributed by atoms with van der Waals surface area (Å²) >= 11 is 0. The number of carbonyl (C=O) groups excluding carboxylic acids is 1. The molecule has 1 aliphatic carbocycles. The van der Waals surface area contributed by atoms with Crippen molar-refractivity contribution in [2.45, 2.75) is 51.2 Å². The van der Waals surface area contributed by atoms with Crippen LogP contribution in [0.3, 0.4) is 0 Å². The van der Waals surface area contributed by atoms with Crippen molar-refractivity contribution in [2.24, 2.45) is 5.41 Å². The lowest BCUT2D eigenvalue weighted by molar-refractivity contribution is -0.127. The van der Waals surface area contributed by atoms with Crippen LogP contribution in [0.25, 0.3) is 0 Å². The first-order valence-electron chi connectivity index (χ1n) is 8.83. The molecule has 0 bridgehead atoms. The van der Waals surface area contributed by atoms with Crippen LogP contribution >= 0.6 is 0 Å². The van der Waals surface area contributed by atoms with Crippen LogP contribution < -0.4 is 0 Å². The highest BCUT2D eigenvalue weighted by atomic mass is 16.6. The van der Waals surface area contributed by atoms with Gasteiger partial charge in [0.2, 0.25) is 0 Å². The van der Waals surface area contributed by atoms with Gasteiger partial charge in [0.25, 0.3) is 0 Å². The zero-order valence-corrected chi connectivity index (χ0v) is 15.2. The fourth-order valence-corrected chi connectivity index (χ4v) is 4.32. The Morgan fingerprint density at radius 3 is 2.60 bits per heavy atom. The Balaban J connectivity index is 1.92. The number of carbonyl (C=O) groups is 1. The van der Waals surface area contributed by atoms with Crippen molar-refractivity contribution >= 4 is 5.78 Å². The third kappa shape index (κ3) is 3.40. The highest BCUT2D eigenvalue weighted by molar-refractivity contribution is 6.03. The molecule has 4 heteroatoms. The van der Waals surface area contributed by atoms with Gasteiger partial charge in [-0.05, 0) is 25.0 Å². The fraction of sp³-hybridized carbons (Fsp3) is 0.524. The summed E-state index contributed by atoms with van der Waals surface area (Å²) in [5, 5.41) is 9.38. The molecule has 1 aliphatic heterocycles. The molecule has 25 heavy (non-hydrogen) atoms. The summed E-state index contributed by atoms with van der Waals surface area (Å²) in [6.45, 7) is 6.84. The van der Waals surface area contributed by atoms with Crippen LogP contribution in [0.4, 0.5) is 0 Å². The molecule has 2 atom stereocenters. The van der Waals surface area contributed by atoms with Gasteiger partial charge in [0.05, 0.1) is 23.4 Å². The number of allylic oxidation sites excluding steroid dienone is 1. The molecule has 3 rings (SSSR count). The van der Waals surface area contributed by atoms with Crippen molar-refractivity contribution in [1.29, 1.82) is 5.26 Å². The lowest BCUT2D eigenvalue weighted by Gasteiger charge is -2.38. The average molecular weight is 339 g/mol. The predicted octanol–water partition coefficient (Wildman–Crippen LogP) is 3.61. The predicted molar refractivity (Wildman–Crippen MR) is 94.9 cm³/mol. The monoisotopic (exact) mass is 339 g/mol. The third-order valence-corrected chi connectivity index (χ3v) is 5.19. The van der Waals surface area contributed by atoms with Crippen molar-refractivity contribution in [2.75, 3.05) is 13.2 Å². The number of ketones is 1. The first-order valence-corrected chi connectivity index (χ1v) is 8.83. The standard InChI is InChI=1S/C21H25NO3/c1-4-24-21(10-16-8-6-5-7-9-16)14-20(25-15-21)11-17(12-22)18(23)19(2,3)13-20/h5-9,11H,4,10,13-15H2,1-3H3. The van der Waals surface area contributed by atoms with E-state index in [0.717, 1.165) is 6.42 Å².